The van der Waals surface area contributed by atoms with Gasteiger partial charge in [0.1, 0.15) is 0 Å². The molecule has 1 N–H and O–H groups in total. The van der Waals surface area contributed by atoms with Crippen LogP contribution in [0.15, 0.2) is 60.8 Å². The zero-order chi connectivity index (χ0) is 18.5. The lowest BCUT2D eigenvalue weighted by Gasteiger charge is -2.14. The molecule has 1 aromatic heterocycles. The number of nitrogens with zero attached hydrogens (tertiary/aromatic N) is 1. The van der Waals surface area contributed by atoms with Crippen LogP contribution in [0.1, 0.15) is 22.8 Å². The van der Waals surface area contributed by atoms with Gasteiger partial charge in [0, 0.05) is 23.2 Å². The Balaban J connectivity index is 1.65. The van der Waals surface area contributed by atoms with Crippen LogP contribution in [0.4, 0.5) is 0 Å². The van der Waals surface area contributed by atoms with Crippen molar-refractivity contribution in [2.75, 3.05) is 0 Å². The van der Waals surface area contributed by atoms with E-state index in [0.717, 1.165) is 10.9 Å². The van der Waals surface area contributed by atoms with E-state index in [-0.39, 0.29) is 6.54 Å². The van der Waals surface area contributed by atoms with Crippen LogP contribution in [-0.4, -0.2) is 23.0 Å². The van der Waals surface area contributed by atoms with Gasteiger partial charge in [-0.25, -0.2) is 4.79 Å². The fourth-order valence-electron chi connectivity index (χ4n) is 2.51. The van der Waals surface area contributed by atoms with Crippen LogP contribution in [0.25, 0.3) is 10.9 Å². The molecule has 132 valence electrons. The van der Waals surface area contributed by atoms with Crippen LogP contribution in [0.5, 0.6) is 0 Å². The molecule has 0 spiro atoms. The Morgan fingerprint density at radius 1 is 1.12 bits per heavy atom. The van der Waals surface area contributed by atoms with Crippen molar-refractivity contribution < 1.29 is 14.3 Å². The number of carbonyl (C=O) groups excluding carboxylic acids is 2. The predicted molar refractivity (Wildman–Crippen MR) is 99.9 cm³/mol. The normalized spacial score (nSPS) is 11.8. The van der Waals surface area contributed by atoms with Crippen molar-refractivity contribution in [3.8, 4) is 0 Å². The van der Waals surface area contributed by atoms with Gasteiger partial charge in [-0.15, -0.1) is 0 Å². The number of halogens is 1. The molecule has 0 radical (unpaired) electrons. The maximum absolute atomic E-state index is 12.4. The number of rotatable bonds is 5. The van der Waals surface area contributed by atoms with Crippen molar-refractivity contribution in [2.24, 2.45) is 0 Å². The SMILES string of the molecule is C[C@@H](OC(=O)c1cccc2cccnc12)C(=O)NCc1ccccc1Cl. The highest BCUT2D eigenvalue weighted by Crippen LogP contribution is 2.18. The summed E-state index contributed by atoms with van der Waals surface area (Å²) < 4.78 is 5.30. The molecule has 3 rings (SSSR count). The summed E-state index contributed by atoms with van der Waals surface area (Å²) in [4.78, 5) is 28.9. The van der Waals surface area contributed by atoms with Gasteiger partial charge in [0.15, 0.2) is 6.10 Å². The Hall–Kier alpha value is -2.92. The number of esters is 1. The first-order valence-corrected chi connectivity index (χ1v) is 8.50. The summed E-state index contributed by atoms with van der Waals surface area (Å²) in [5, 5.41) is 4.12. The molecule has 0 fully saturated rings. The molecule has 0 unspecified atom stereocenters. The van der Waals surface area contributed by atoms with Crippen LogP contribution >= 0.6 is 11.6 Å². The van der Waals surface area contributed by atoms with Gasteiger partial charge in [0.2, 0.25) is 0 Å². The number of hydrogen-bond acceptors (Lipinski definition) is 4. The quantitative estimate of drug-likeness (QED) is 0.696. The minimum Gasteiger partial charge on any atom is -0.449 e. The zero-order valence-electron chi connectivity index (χ0n) is 14.1. The van der Waals surface area contributed by atoms with E-state index in [1.54, 1.807) is 30.5 Å². The van der Waals surface area contributed by atoms with Gasteiger partial charge >= 0.3 is 5.97 Å². The lowest BCUT2D eigenvalue weighted by Crippen LogP contribution is -2.35. The van der Waals surface area contributed by atoms with Crippen LogP contribution in [0, 0.1) is 0 Å². The second kappa shape index (κ2) is 7.97. The van der Waals surface area contributed by atoms with Crippen LogP contribution < -0.4 is 5.32 Å². The van der Waals surface area contributed by atoms with Gasteiger partial charge in [-0.1, -0.05) is 48.0 Å². The monoisotopic (exact) mass is 368 g/mol. The second-order valence-corrected chi connectivity index (χ2v) is 6.14. The largest absolute Gasteiger partial charge is 0.449 e. The van der Waals surface area contributed by atoms with E-state index in [9.17, 15) is 9.59 Å². The fourth-order valence-corrected chi connectivity index (χ4v) is 2.72. The first-order chi connectivity index (χ1) is 12.6. The van der Waals surface area contributed by atoms with Gasteiger partial charge in [0.25, 0.3) is 5.91 Å². The summed E-state index contributed by atoms with van der Waals surface area (Å²) in [6, 6.07) is 16.1. The number of amides is 1. The molecule has 0 bridgehead atoms. The number of nitrogens with one attached hydrogen (secondary N) is 1. The highest BCUT2D eigenvalue weighted by Gasteiger charge is 2.20. The molecule has 2 aromatic carbocycles. The molecule has 1 atom stereocenters. The summed E-state index contributed by atoms with van der Waals surface area (Å²) in [5.74, 6) is -0.985. The highest BCUT2D eigenvalue weighted by molar-refractivity contribution is 6.31. The highest BCUT2D eigenvalue weighted by atomic mass is 35.5. The number of carbonyl (C=O) groups is 2. The number of fused-ring (bicyclic) bond motifs is 1. The predicted octanol–water partition coefficient (Wildman–Crippen LogP) is 3.75. The molecule has 0 saturated heterocycles. The number of benzene rings is 2. The summed E-state index contributed by atoms with van der Waals surface area (Å²) in [5.41, 5.74) is 1.66. The first kappa shape index (κ1) is 17.9. The Kier molecular flexibility index (Phi) is 5.49. The lowest BCUT2D eigenvalue weighted by atomic mass is 10.1. The molecule has 6 heteroatoms. The van der Waals surface area contributed by atoms with E-state index in [1.807, 2.05) is 30.3 Å². The Morgan fingerprint density at radius 3 is 2.69 bits per heavy atom. The summed E-state index contributed by atoms with van der Waals surface area (Å²) in [7, 11) is 0. The van der Waals surface area contributed by atoms with Crippen molar-refractivity contribution in [1.82, 2.24) is 10.3 Å². The molecule has 0 aliphatic heterocycles. The van der Waals surface area contributed by atoms with Crippen molar-refractivity contribution in [3.63, 3.8) is 0 Å². The van der Waals surface area contributed by atoms with Gasteiger partial charge < -0.3 is 10.1 Å². The Labute approximate surface area is 156 Å². The van der Waals surface area contributed by atoms with Crippen LogP contribution in [0.3, 0.4) is 0 Å². The molecule has 1 amide bonds. The summed E-state index contributed by atoms with van der Waals surface area (Å²) >= 11 is 6.06. The summed E-state index contributed by atoms with van der Waals surface area (Å²) in [6.45, 7) is 1.79. The fraction of sp³-hybridized carbons (Fsp3) is 0.150. The third-order valence-corrected chi connectivity index (χ3v) is 4.29. The molecule has 3 aromatic rings. The van der Waals surface area contributed by atoms with Crippen molar-refractivity contribution in [2.45, 2.75) is 19.6 Å². The molecule has 0 saturated carbocycles. The van der Waals surface area contributed by atoms with Crippen LogP contribution in [-0.2, 0) is 16.1 Å². The van der Waals surface area contributed by atoms with Gasteiger partial charge in [0.05, 0.1) is 11.1 Å². The Bertz CT molecular complexity index is 953. The standard InChI is InChI=1S/C20H17ClN2O3/c1-13(19(24)23-12-15-6-2-3-10-17(15)21)26-20(25)16-9-4-7-14-8-5-11-22-18(14)16/h2-11,13H,12H2,1H3,(H,23,24)/t13-/m1/s1. The van der Waals surface area contributed by atoms with E-state index < -0.39 is 18.0 Å². The van der Waals surface area contributed by atoms with Gasteiger partial charge in [-0.3, -0.25) is 9.78 Å². The zero-order valence-corrected chi connectivity index (χ0v) is 14.9. The molecular weight excluding hydrogens is 352 g/mol. The van der Waals surface area contributed by atoms with Crippen molar-refractivity contribution in [3.05, 3.63) is 76.9 Å². The van der Waals surface area contributed by atoms with E-state index in [2.05, 4.69) is 10.3 Å². The summed E-state index contributed by atoms with van der Waals surface area (Å²) in [6.07, 6.45) is 0.669. The molecule has 0 aliphatic rings. The lowest BCUT2D eigenvalue weighted by molar-refractivity contribution is -0.129. The second-order valence-electron chi connectivity index (χ2n) is 5.74. The first-order valence-electron chi connectivity index (χ1n) is 8.12. The van der Waals surface area contributed by atoms with E-state index in [1.165, 1.54) is 6.92 Å². The van der Waals surface area contributed by atoms with E-state index >= 15 is 0 Å². The minimum atomic E-state index is -0.941. The maximum atomic E-state index is 12.4. The van der Waals surface area contributed by atoms with Gasteiger partial charge in [-0.05, 0) is 30.7 Å². The molecule has 26 heavy (non-hydrogen) atoms. The number of para-hydroxylation sites is 1. The van der Waals surface area contributed by atoms with Gasteiger partial charge in [-0.2, -0.15) is 0 Å². The number of ether oxygens (including phenoxy) is 1. The minimum absolute atomic E-state index is 0.260. The third kappa shape index (κ3) is 4.00. The third-order valence-electron chi connectivity index (χ3n) is 3.92. The van der Waals surface area contributed by atoms with E-state index in [0.29, 0.717) is 16.1 Å². The van der Waals surface area contributed by atoms with Crippen molar-refractivity contribution >= 4 is 34.4 Å². The Morgan fingerprint density at radius 2 is 1.88 bits per heavy atom. The maximum Gasteiger partial charge on any atom is 0.341 e. The van der Waals surface area contributed by atoms with Crippen molar-refractivity contribution in [1.29, 1.82) is 0 Å². The average molecular weight is 369 g/mol. The molecular formula is C20H17ClN2O3. The number of hydrogen-bond donors (Lipinski definition) is 1. The number of pyridine rings is 1. The molecule has 1 heterocycles. The molecule has 5 nitrogen and oxygen atoms in total. The number of aromatic nitrogens is 1. The average Bonchev–Trinajstić information content (AvgIpc) is 2.66. The topological polar surface area (TPSA) is 68.3 Å². The molecule has 0 aliphatic carbocycles. The van der Waals surface area contributed by atoms with E-state index in [4.69, 9.17) is 16.3 Å². The smallest absolute Gasteiger partial charge is 0.341 e. The van der Waals surface area contributed by atoms with Crippen LogP contribution in [0.2, 0.25) is 5.02 Å².